The minimum atomic E-state index is -0.454. The molecule has 2 aromatic rings. The van der Waals surface area contributed by atoms with Crippen LogP contribution in [0.15, 0.2) is 41.8 Å². The number of amides is 2. The third-order valence-corrected chi connectivity index (χ3v) is 5.07. The molecule has 1 aromatic heterocycles. The van der Waals surface area contributed by atoms with Crippen LogP contribution in [-0.4, -0.2) is 29.3 Å². The second-order valence-corrected chi connectivity index (χ2v) is 6.84. The molecule has 24 heavy (non-hydrogen) atoms. The number of nitrogens with one attached hydrogen (secondary N) is 1. The Morgan fingerprint density at radius 1 is 1.25 bits per heavy atom. The molecule has 2 amide bonds. The van der Waals surface area contributed by atoms with Crippen LogP contribution in [-0.2, 0) is 22.6 Å². The van der Waals surface area contributed by atoms with Gasteiger partial charge in [0.25, 0.3) is 0 Å². The predicted octanol–water partition coefficient (Wildman–Crippen LogP) is 2.74. The molecule has 1 fully saturated rings. The van der Waals surface area contributed by atoms with Crippen molar-refractivity contribution in [3.05, 3.63) is 58.0 Å². The zero-order valence-electron chi connectivity index (χ0n) is 13.2. The fraction of sp³-hybridized carbons (Fsp3) is 0.333. The molecule has 4 nitrogen and oxygen atoms in total. The van der Waals surface area contributed by atoms with Gasteiger partial charge in [-0.3, -0.25) is 9.59 Å². The second-order valence-electron chi connectivity index (χ2n) is 5.81. The normalized spacial score (nSPS) is 17.0. The number of halogens is 1. The SMILES string of the molecule is O=C(NCc1ccccc1F)[C@H]1CCCN1C(=O)Cc1cccs1. The smallest absolute Gasteiger partial charge is 0.243 e. The maximum Gasteiger partial charge on any atom is 0.243 e. The molecule has 1 N–H and O–H groups in total. The van der Waals surface area contributed by atoms with Gasteiger partial charge in [-0.1, -0.05) is 24.3 Å². The van der Waals surface area contributed by atoms with E-state index in [2.05, 4.69) is 5.32 Å². The maximum absolute atomic E-state index is 13.6. The first kappa shape index (κ1) is 16.6. The van der Waals surface area contributed by atoms with E-state index in [-0.39, 0.29) is 24.2 Å². The quantitative estimate of drug-likeness (QED) is 0.905. The largest absolute Gasteiger partial charge is 0.350 e. The van der Waals surface area contributed by atoms with Crippen LogP contribution < -0.4 is 5.32 Å². The number of benzene rings is 1. The molecule has 1 aliphatic rings. The molecule has 1 saturated heterocycles. The van der Waals surface area contributed by atoms with Crippen molar-refractivity contribution in [2.75, 3.05) is 6.54 Å². The topological polar surface area (TPSA) is 49.4 Å². The monoisotopic (exact) mass is 346 g/mol. The van der Waals surface area contributed by atoms with Gasteiger partial charge in [0.05, 0.1) is 6.42 Å². The third-order valence-electron chi connectivity index (χ3n) is 4.19. The second kappa shape index (κ2) is 7.57. The minimum Gasteiger partial charge on any atom is -0.350 e. The zero-order chi connectivity index (χ0) is 16.9. The molecule has 0 saturated carbocycles. The molecule has 1 aliphatic heterocycles. The van der Waals surface area contributed by atoms with Crippen LogP contribution in [0, 0.1) is 5.82 Å². The molecule has 6 heteroatoms. The number of thiophene rings is 1. The van der Waals surface area contributed by atoms with Gasteiger partial charge in [0.2, 0.25) is 11.8 Å². The summed E-state index contributed by atoms with van der Waals surface area (Å²) in [5, 5.41) is 4.69. The van der Waals surface area contributed by atoms with E-state index in [4.69, 9.17) is 0 Å². The molecule has 1 atom stereocenters. The molecule has 0 spiro atoms. The van der Waals surface area contributed by atoms with Crippen LogP contribution in [0.5, 0.6) is 0 Å². The first-order valence-corrected chi connectivity index (χ1v) is 8.86. The molecule has 1 aromatic carbocycles. The number of nitrogens with zero attached hydrogens (tertiary/aromatic N) is 1. The van der Waals surface area contributed by atoms with Crippen molar-refractivity contribution in [2.24, 2.45) is 0 Å². The van der Waals surface area contributed by atoms with Gasteiger partial charge in [-0.25, -0.2) is 4.39 Å². The minimum absolute atomic E-state index is 0.0269. The molecule has 0 aliphatic carbocycles. The fourth-order valence-electron chi connectivity index (χ4n) is 2.94. The molecular weight excluding hydrogens is 327 g/mol. The van der Waals surface area contributed by atoms with Gasteiger partial charge in [0.15, 0.2) is 0 Å². The van der Waals surface area contributed by atoms with Crippen molar-refractivity contribution in [1.29, 1.82) is 0 Å². The van der Waals surface area contributed by atoms with Crippen molar-refractivity contribution in [3.63, 3.8) is 0 Å². The van der Waals surface area contributed by atoms with Crippen molar-refractivity contribution in [1.82, 2.24) is 10.2 Å². The Labute approximate surface area is 144 Å². The van der Waals surface area contributed by atoms with Crippen LogP contribution in [0.4, 0.5) is 4.39 Å². The van der Waals surface area contributed by atoms with E-state index < -0.39 is 6.04 Å². The first-order valence-electron chi connectivity index (χ1n) is 7.98. The summed E-state index contributed by atoms with van der Waals surface area (Å²) in [6, 6.07) is 9.74. The Hall–Kier alpha value is -2.21. The van der Waals surface area contributed by atoms with Crippen LogP contribution in [0.2, 0.25) is 0 Å². The lowest BCUT2D eigenvalue weighted by atomic mass is 10.1. The van der Waals surface area contributed by atoms with E-state index in [1.54, 1.807) is 23.1 Å². The Kier molecular flexibility index (Phi) is 5.25. The standard InChI is InChI=1S/C18H19FN2O2S/c19-15-7-2-1-5-13(15)12-20-18(23)16-8-3-9-21(16)17(22)11-14-6-4-10-24-14/h1-2,4-7,10,16H,3,8-9,11-12H2,(H,20,23)/t16-/m1/s1. The molecular formula is C18H19FN2O2S. The number of likely N-dealkylation sites (tertiary alicyclic amines) is 1. The van der Waals surface area contributed by atoms with Crippen molar-refractivity contribution >= 4 is 23.2 Å². The Bertz CT molecular complexity index is 718. The van der Waals surface area contributed by atoms with Gasteiger partial charge in [0.1, 0.15) is 11.9 Å². The summed E-state index contributed by atoms with van der Waals surface area (Å²) in [6.07, 6.45) is 1.79. The highest BCUT2D eigenvalue weighted by Crippen LogP contribution is 2.20. The van der Waals surface area contributed by atoms with Gasteiger partial charge in [-0.2, -0.15) is 0 Å². The molecule has 0 unspecified atom stereocenters. The lowest BCUT2D eigenvalue weighted by molar-refractivity contribution is -0.138. The summed E-state index contributed by atoms with van der Waals surface area (Å²) in [5.74, 6) is -0.578. The number of hydrogen-bond donors (Lipinski definition) is 1. The van der Waals surface area contributed by atoms with Gasteiger partial charge < -0.3 is 10.2 Å². The van der Waals surface area contributed by atoms with E-state index >= 15 is 0 Å². The number of rotatable bonds is 5. The summed E-state index contributed by atoms with van der Waals surface area (Å²) < 4.78 is 13.6. The van der Waals surface area contributed by atoms with Crippen molar-refractivity contribution < 1.29 is 14.0 Å². The van der Waals surface area contributed by atoms with E-state index in [1.165, 1.54) is 17.4 Å². The van der Waals surface area contributed by atoms with Crippen LogP contribution in [0.3, 0.4) is 0 Å². The average molecular weight is 346 g/mol. The van der Waals surface area contributed by atoms with E-state index in [0.29, 0.717) is 24.9 Å². The number of carbonyl (C=O) groups excluding carboxylic acids is 2. The Morgan fingerprint density at radius 2 is 2.08 bits per heavy atom. The van der Waals surface area contributed by atoms with Crippen molar-refractivity contribution in [2.45, 2.75) is 31.8 Å². The molecule has 2 heterocycles. The molecule has 0 bridgehead atoms. The predicted molar refractivity (Wildman–Crippen MR) is 91.0 cm³/mol. The third kappa shape index (κ3) is 3.82. The lowest BCUT2D eigenvalue weighted by Gasteiger charge is -2.24. The first-order chi connectivity index (χ1) is 11.6. The summed E-state index contributed by atoms with van der Waals surface area (Å²) in [4.78, 5) is 27.5. The highest BCUT2D eigenvalue weighted by Gasteiger charge is 2.33. The highest BCUT2D eigenvalue weighted by atomic mass is 32.1. The summed E-state index contributed by atoms with van der Waals surface area (Å²) in [5.41, 5.74) is 0.445. The summed E-state index contributed by atoms with van der Waals surface area (Å²) in [7, 11) is 0. The van der Waals surface area contributed by atoms with E-state index in [0.717, 1.165) is 11.3 Å². The van der Waals surface area contributed by atoms with Crippen LogP contribution >= 0.6 is 11.3 Å². The van der Waals surface area contributed by atoms with E-state index in [9.17, 15) is 14.0 Å². The van der Waals surface area contributed by atoms with Crippen LogP contribution in [0.1, 0.15) is 23.3 Å². The lowest BCUT2D eigenvalue weighted by Crippen LogP contribution is -2.46. The summed E-state index contributed by atoms with van der Waals surface area (Å²) in [6.45, 7) is 0.733. The molecule has 3 rings (SSSR count). The molecule has 126 valence electrons. The fourth-order valence-corrected chi connectivity index (χ4v) is 3.64. The zero-order valence-corrected chi connectivity index (χ0v) is 14.0. The van der Waals surface area contributed by atoms with Gasteiger partial charge in [-0.15, -0.1) is 11.3 Å². The number of carbonyl (C=O) groups is 2. The van der Waals surface area contributed by atoms with Gasteiger partial charge in [-0.05, 0) is 30.4 Å². The van der Waals surface area contributed by atoms with Gasteiger partial charge >= 0.3 is 0 Å². The van der Waals surface area contributed by atoms with Crippen LogP contribution in [0.25, 0.3) is 0 Å². The van der Waals surface area contributed by atoms with Crippen molar-refractivity contribution in [3.8, 4) is 0 Å². The molecule has 0 radical (unpaired) electrons. The Morgan fingerprint density at radius 3 is 2.83 bits per heavy atom. The maximum atomic E-state index is 13.6. The van der Waals surface area contributed by atoms with E-state index in [1.807, 2.05) is 17.5 Å². The van der Waals surface area contributed by atoms with Gasteiger partial charge in [0, 0.05) is 23.5 Å². The number of hydrogen-bond acceptors (Lipinski definition) is 3. The summed E-state index contributed by atoms with van der Waals surface area (Å²) >= 11 is 1.54. The highest BCUT2D eigenvalue weighted by molar-refractivity contribution is 7.10. The Balaban J connectivity index is 1.59. The average Bonchev–Trinajstić information content (AvgIpc) is 3.25.